The molecule has 0 saturated heterocycles. The lowest BCUT2D eigenvalue weighted by Gasteiger charge is -1.90. The van der Waals surface area contributed by atoms with Crippen LogP contribution >= 0.6 is 16.1 Å². The first-order chi connectivity index (χ1) is 11.2. The van der Waals surface area contributed by atoms with Gasteiger partial charge >= 0.3 is 28.0 Å². The number of carboxylic acids is 2. The Morgan fingerprint density at radius 2 is 1.42 bits per heavy atom. The molecule has 0 spiro atoms. The van der Waals surface area contributed by atoms with Gasteiger partial charge in [0.25, 0.3) is 0 Å². The van der Waals surface area contributed by atoms with Gasteiger partial charge < -0.3 is 10.2 Å². The van der Waals surface area contributed by atoms with E-state index in [0.29, 0.717) is 0 Å². The predicted octanol–water partition coefficient (Wildman–Crippen LogP) is 1.49. The van der Waals surface area contributed by atoms with E-state index in [1.54, 1.807) is 0 Å². The van der Waals surface area contributed by atoms with Crippen LogP contribution in [0.2, 0.25) is 0 Å². The summed E-state index contributed by atoms with van der Waals surface area (Å²) in [4.78, 5) is 38.2. The van der Waals surface area contributed by atoms with E-state index in [-0.39, 0.29) is 21.7 Å². The van der Waals surface area contributed by atoms with Crippen LogP contribution in [0, 0.1) is 0 Å². The maximum atomic E-state index is 10.6. The zero-order valence-corrected chi connectivity index (χ0v) is 13.7. The molecular weight excluding hydrogens is 358 g/mol. The molecule has 4 N–H and O–H groups in total. The molecule has 0 fully saturated rings. The molecule has 0 aliphatic rings. The van der Waals surface area contributed by atoms with Crippen molar-refractivity contribution in [3.05, 3.63) is 59.7 Å². The van der Waals surface area contributed by atoms with Crippen molar-refractivity contribution in [2.75, 3.05) is 0 Å². The fraction of sp³-hybridized carbons (Fsp3) is 0. The highest BCUT2D eigenvalue weighted by atomic mass is 31.1. The fourth-order valence-electron chi connectivity index (χ4n) is 1.58. The van der Waals surface area contributed by atoms with Crippen LogP contribution in [-0.2, 0) is 9.13 Å². The highest BCUT2D eigenvalue weighted by Gasteiger charge is 2.24. The van der Waals surface area contributed by atoms with Crippen LogP contribution in [0.1, 0.15) is 20.7 Å². The summed E-state index contributed by atoms with van der Waals surface area (Å²) in [7, 11) is -5.03. The van der Waals surface area contributed by atoms with Gasteiger partial charge in [0.05, 0.1) is 5.56 Å². The van der Waals surface area contributed by atoms with Crippen LogP contribution in [-0.4, -0.2) is 31.9 Å². The predicted molar refractivity (Wildman–Crippen MR) is 85.7 cm³/mol. The van der Waals surface area contributed by atoms with Crippen molar-refractivity contribution >= 4 is 38.6 Å². The van der Waals surface area contributed by atoms with Crippen molar-refractivity contribution < 1.29 is 38.7 Å². The minimum atomic E-state index is -2.58. The number of hydrogen-bond acceptors (Lipinski definition) is 4. The van der Waals surface area contributed by atoms with Gasteiger partial charge in [0.2, 0.25) is 10.6 Å². The van der Waals surface area contributed by atoms with Crippen LogP contribution in [0.4, 0.5) is 0 Å². The van der Waals surface area contributed by atoms with E-state index in [0.717, 1.165) is 0 Å². The zero-order chi connectivity index (χ0) is 18.3. The number of hydrogen-bond donors (Lipinski definition) is 4. The van der Waals surface area contributed by atoms with Gasteiger partial charge in [0.1, 0.15) is 5.56 Å². The van der Waals surface area contributed by atoms with Gasteiger partial charge in [-0.25, -0.2) is 9.59 Å². The standard InChI is InChI=1S/2C7H5O4P/c8-7(9)5-2-1-3-6(4-5)12(10)11;8-7(9)5-3-1-2-4-6(5)12(10)11/h2*1-4H,(H-,8,9,10,11)/p+2. The van der Waals surface area contributed by atoms with Crippen LogP contribution in [0.3, 0.4) is 0 Å². The zero-order valence-electron chi connectivity index (χ0n) is 11.9. The molecule has 2 aromatic rings. The van der Waals surface area contributed by atoms with Crippen LogP contribution < -0.4 is 10.6 Å². The third-order valence-electron chi connectivity index (χ3n) is 2.65. The topological polar surface area (TPSA) is 149 Å². The van der Waals surface area contributed by atoms with Gasteiger partial charge in [-0.1, -0.05) is 18.2 Å². The SMILES string of the molecule is O=C(O)c1cccc([P+](=O)O)c1.O=C(O)c1ccccc1[P+](=O)O. The van der Waals surface area contributed by atoms with Crippen molar-refractivity contribution in [3.63, 3.8) is 0 Å². The summed E-state index contributed by atoms with van der Waals surface area (Å²) in [6.45, 7) is 0. The molecule has 0 aliphatic heterocycles. The van der Waals surface area contributed by atoms with Crippen molar-refractivity contribution in [2.45, 2.75) is 0 Å². The van der Waals surface area contributed by atoms with Crippen molar-refractivity contribution in [1.29, 1.82) is 0 Å². The highest BCUT2D eigenvalue weighted by molar-refractivity contribution is 7.47. The maximum absolute atomic E-state index is 10.6. The Morgan fingerprint density at radius 3 is 1.88 bits per heavy atom. The minimum Gasteiger partial charge on any atom is -0.478 e. The molecule has 2 atom stereocenters. The lowest BCUT2D eigenvalue weighted by molar-refractivity contribution is 0.0686. The Kier molecular flexibility index (Phi) is 7.30. The molecule has 0 aromatic heterocycles. The summed E-state index contributed by atoms with van der Waals surface area (Å²) < 4.78 is 21.1. The molecule has 124 valence electrons. The van der Waals surface area contributed by atoms with Gasteiger partial charge in [0.15, 0.2) is 0 Å². The van der Waals surface area contributed by atoms with Crippen molar-refractivity contribution in [3.8, 4) is 0 Å². The summed E-state index contributed by atoms with van der Waals surface area (Å²) in [6.07, 6.45) is 0. The summed E-state index contributed by atoms with van der Waals surface area (Å²) in [5.41, 5.74) is -0.106. The van der Waals surface area contributed by atoms with E-state index in [9.17, 15) is 18.7 Å². The van der Waals surface area contributed by atoms with Gasteiger partial charge in [-0.05, 0) is 33.4 Å². The lowest BCUT2D eigenvalue weighted by Crippen LogP contribution is -2.10. The Bertz CT molecular complexity index is 741. The molecule has 0 heterocycles. The Morgan fingerprint density at radius 1 is 0.792 bits per heavy atom. The van der Waals surface area contributed by atoms with Gasteiger partial charge in [-0.2, -0.15) is 9.79 Å². The highest BCUT2D eigenvalue weighted by Crippen LogP contribution is 2.15. The average Bonchev–Trinajstić information content (AvgIpc) is 2.55. The molecule has 0 saturated carbocycles. The van der Waals surface area contributed by atoms with Crippen LogP contribution in [0.5, 0.6) is 0 Å². The molecular formula is C14H12O8P2+2. The van der Waals surface area contributed by atoms with Crippen molar-refractivity contribution in [2.24, 2.45) is 0 Å². The first-order valence-corrected chi connectivity index (χ1v) is 8.64. The fourth-order valence-corrected chi connectivity index (χ4v) is 2.63. The molecule has 24 heavy (non-hydrogen) atoms. The molecule has 0 radical (unpaired) electrons. The first kappa shape index (κ1) is 19.5. The summed E-state index contributed by atoms with van der Waals surface area (Å²) in [6, 6.07) is 11.0. The lowest BCUT2D eigenvalue weighted by atomic mass is 10.2. The molecule has 0 amide bonds. The van der Waals surface area contributed by atoms with Crippen molar-refractivity contribution in [1.82, 2.24) is 0 Å². The van der Waals surface area contributed by atoms with Gasteiger partial charge in [-0.3, -0.25) is 0 Å². The quantitative estimate of drug-likeness (QED) is 0.592. The van der Waals surface area contributed by atoms with Gasteiger partial charge in [-0.15, -0.1) is 0 Å². The number of aromatic carboxylic acids is 2. The van der Waals surface area contributed by atoms with Crippen LogP contribution in [0.25, 0.3) is 0 Å². The van der Waals surface area contributed by atoms with E-state index in [1.807, 2.05) is 0 Å². The third kappa shape index (κ3) is 5.61. The first-order valence-electron chi connectivity index (χ1n) is 6.22. The van der Waals surface area contributed by atoms with Crippen LogP contribution in [0.15, 0.2) is 48.5 Å². The minimum absolute atomic E-state index is 0.0184. The van der Waals surface area contributed by atoms with E-state index in [4.69, 9.17) is 20.0 Å². The Hall–Kier alpha value is -2.50. The molecule has 2 unspecified atom stereocenters. The van der Waals surface area contributed by atoms with E-state index in [2.05, 4.69) is 0 Å². The second-order valence-corrected chi connectivity index (χ2v) is 6.31. The molecule has 2 aromatic carbocycles. The number of benzene rings is 2. The number of carboxylic acid groups (broad SMARTS) is 2. The number of rotatable bonds is 4. The molecule has 0 bridgehead atoms. The monoisotopic (exact) mass is 370 g/mol. The van der Waals surface area contributed by atoms with E-state index >= 15 is 0 Å². The number of carbonyl (C=O) groups is 2. The second-order valence-electron chi connectivity index (χ2n) is 4.22. The van der Waals surface area contributed by atoms with E-state index < -0.39 is 28.0 Å². The molecule has 0 aliphatic carbocycles. The third-order valence-corrected chi connectivity index (χ3v) is 4.18. The van der Waals surface area contributed by atoms with Gasteiger partial charge in [0, 0.05) is 6.07 Å². The van der Waals surface area contributed by atoms with E-state index in [1.165, 1.54) is 48.5 Å². The maximum Gasteiger partial charge on any atom is 0.547 e. The smallest absolute Gasteiger partial charge is 0.478 e. The normalized spacial score (nSPS) is 10.9. The largest absolute Gasteiger partial charge is 0.547 e. The molecule has 10 heteroatoms. The molecule has 2 rings (SSSR count). The average molecular weight is 370 g/mol. The summed E-state index contributed by atoms with van der Waals surface area (Å²) in [5, 5.41) is 17.2. The molecule has 8 nitrogen and oxygen atoms in total. The summed E-state index contributed by atoms with van der Waals surface area (Å²) in [5.74, 6) is -2.29. The Labute approximate surface area is 137 Å². The Balaban J connectivity index is 0.000000240. The second kappa shape index (κ2) is 8.96. The summed E-state index contributed by atoms with van der Waals surface area (Å²) >= 11 is 0.